The molecular weight excluding hydrogens is 332 g/mol. The van der Waals surface area contributed by atoms with Crippen molar-refractivity contribution in [3.8, 4) is 0 Å². The molecule has 0 unspecified atom stereocenters. The van der Waals surface area contributed by atoms with Crippen molar-refractivity contribution < 1.29 is 9.59 Å². The molecule has 140 valence electrons. The summed E-state index contributed by atoms with van der Waals surface area (Å²) < 4.78 is 0. The molecule has 3 aliphatic rings. The average Bonchev–Trinajstić information content (AvgIpc) is 3.04. The fraction of sp³-hybridized carbons (Fsp3) is 0.667. The summed E-state index contributed by atoms with van der Waals surface area (Å²) in [7, 11) is 0. The third-order valence-corrected chi connectivity index (χ3v) is 5.87. The molecule has 1 aromatic heterocycles. The maximum absolute atomic E-state index is 12.6. The third-order valence-electron chi connectivity index (χ3n) is 5.87. The lowest BCUT2D eigenvalue weighted by Gasteiger charge is -2.40. The Morgan fingerprint density at radius 1 is 1.04 bits per heavy atom. The highest BCUT2D eigenvalue weighted by atomic mass is 16.2. The van der Waals surface area contributed by atoms with E-state index >= 15 is 0 Å². The first-order chi connectivity index (χ1) is 12.6. The summed E-state index contributed by atoms with van der Waals surface area (Å²) in [5.41, 5.74) is -0.0465. The van der Waals surface area contributed by atoms with Crippen molar-refractivity contribution in [2.45, 2.75) is 31.2 Å². The molecule has 0 bridgehead atoms. The molecule has 3 aliphatic heterocycles. The molecule has 3 saturated heterocycles. The van der Waals surface area contributed by atoms with Crippen molar-refractivity contribution in [1.29, 1.82) is 0 Å². The van der Waals surface area contributed by atoms with Gasteiger partial charge in [-0.2, -0.15) is 0 Å². The van der Waals surface area contributed by atoms with Crippen LogP contribution in [0.1, 0.15) is 25.7 Å². The van der Waals surface area contributed by atoms with Crippen LogP contribution >= 0.6 is 0 Å². The molecule has 2 amide bonds. The normalized spacial score (nSPS) is 23.3. The number of amides is 2. The highest BCUT2D eigenvalue weighted by molar-refractivity contribution is 5.80. The van der Waals surface area contributed by atoms with Gasteiger partial charge in [0.15, 0.2) is 0 Å². The first kappa shape index (κ1) is 17.2. The van der Waals surface area contributed by atoms with E-state index in [0.717, 1.165) is 64.5 Å². The Hall–Kier alpha value is -2.22. The Kier molecular flexibility index (Phi) is 4.76. The van der Waals surface area contributed by atoms with Crippen LogP contribution in [-0.2, 0) is 9.59 Å². The first-order valence-electron chi connectivity index (χ1n) is 9.47. The lowest BCUT2D eigenvalue weighted by atomic mass is 9.86. The van der Waals surface area contributed by atoms with Gasteiger partial charge in [-0.15, -0.1) is 0 Å². The van der Waals surface area contributed by atoms with Gasteiger partial charge < -0.3 is 15.1 Å². The number of nitrogens with one attached hydrogen (secondary N) is 1. The van der Waals surface area contributed by atoms with Gasteiger partial charge in [0.1, 0.15) is 0 Å². The number of anilines is 1. The Bertz CT molecular complexity index is 651. The van der Waals surface area contributed by atoms with Crippen molar-refractivity contribution >= 4 is 17.8 Å². The van der Waals surface area contributed by atoms with E-state index in [-0.39, 0.29) is 17.4 Å². The predicted octanol–water partition coefficient (Wildman–Crippen LogP) is -0.130. The van der Waals surface area contributed by atoms with Gasteiger partial charge in [0, 0.05) is 63.6 Å². The second-order valence-corrected chi connectivity index (χ2v) is 7.52. The van der Waals surface area contributed by atoms with Crippen LogP contribution in [-0.4, -0.2) is 82.9 Å². The summed E-state index contributed by atoms with van der Waals surface area (Å²) in [6.07, 6.45) is 6.82. The maximum atomic E-state index is 12.6. The van der Waals surface area contributed by atoms with Crippen LogP contribution in [0.5, 0.6) is 0 Å². The van der Waals surface area contributed by atoms with E-state index < -0.39 is 0 Å². The minimum Gasteiger partial charge on any atom is -0.351 e. The van der Waals surface area contributed by atoms with E-state index in [4.69, 9.17) is 0 Å². The van der Waals surface area contributed by atoms with Crippen LogP contribution < -0.4 is 10.2 Å². The highest BCUT2D eigenvalue weighted by Gasteiger charge is 2.41. The van der Waals surface area contributed by atoms with Crippen LogP contribution in [0, 0.1) is 0 Å². The quantitative estimate of drug-likeness (QED) is 0.811. The molecule has 4 heterocycles. The highest BCUT2D eigenvalue weighted by Crippen LogP contribution is 2.31. The van der Waals surface area contributed by atoms with Gasteiger partial charge in [-0.3, -0.25) is 14.5 Å². The molecule has 1 N–H and O–H groups in total. The lowest BCUT2D eigenvalue weighted by molar-refractivity contribution is -0.134. The third kappa shape index (κ3) is 3.65. The summed E-state index contributed by atoms with van der Waals surface area (Å²) in [4.78, 5) is 39.1. The second kappa shape index (κ2) is 7.19. The number of aromatic nitrogens is 2. The van der Waals surface area contributed by atoms with Gasteiger partial charge >= 0.3 is 0 Å². The zero-order valence-corrected chi connectivity index (χ0v) is 15.1. The minimum absolute atomic E-state index is 0.0465. The van der Waals surface area contributed by atoms with Crippen molar-refractivity contribution in [3.05, 3.63) is 18.5 Å². The van der Waals surface area contributed by atoms with Crippen molar-refractivity contribution in [2.75, 3.05) is 50.7 Å². The van der Waals surface area contributed by atoms with Gasteiger partial charge in [0.2, 0.25) is 17.8 Å². The number of carbonyl (C=O) groups excluding carboxylic acids is 2. The first-order valence-corrected chi connectivity index (χ1v) is 9.47. The van der Waals surface area contributed by atoms with E-state index in [1.807, 2.05) is 11.0 Å². The summed E-state index contributed by atoms with van der Waals surface area (Å²) in [6, 6.07) is 1.82. The van der Waals surface area contributed by atoms with E-state index in [0.29, 0.717) is 13.0 Å². The molecule has 0 aliphatic carbocycles. The number of piperidine rings is 1. The van der Waals surface area contributed by atoms with E-state index in [9.17, 15) is 9.59 Å². The molecule has 8 heteroatoms. The van der Waals surface area contributed by atoms with Gasteiger partial charge in [-0.1, -0.05) is 0 Å². The van der Waals surface area contributed by atoms with Crippen LogP contribution in [0.15, 0.2) is 18.5 Å². The molecule has 8 nitrogen and oxygen atoms in total. The number of likely N-dealkylation sites (tertiary alicyclic amines) is 1. The smallest absolute Gasteiger partial charge is 0.236 e. The number of piperazine rings is 1. The summed E-state index contributed by atoms with van der Waals surface area (Å²) >= 11 is 0. The lowest BCUT2D eigenvalue weighted by Crippen LogP contribution is -2.55. The van der Waals surface area contributed by atoms with Gasteiger partial charge in [-0.05, 0) is 25.3 Å². The van der Waals surface area contributed by atoms with Crippen LogP contribution in [0.4, 0.5) is 5.95 Å². The average molecular weight is 358 g/mol. The van der Waals surface area contributed by atoms with Gasteiger partial charge in [0.25, 0.3) is 0 Å². The Morgan fingerprint density at radius 2 is 1.73 bits per heavy atom. The fourth-order valence-corrected chi connectivity index (χ4v) is 4.18. The number of nitrogens with zero attached hydrogens (tertiary/aromatic N) is 5. The Balaban J connectivity index is 1.23. The summed E-state index contributed by atoms with van der Waals surface area (Å²) in [6.45, 7) is 5.34. The van der Waals surface area contributed by atoms with Crippen LogP contribution in [0.3, 0.4) is 0 Å². The molecule has 26 heavy (non-hydrogen) atoms. The summed E-state index contributed by atoms with van der Waals surface area (Å²) in [5.74, 6) is 1.12. The fourth-order valence-electron chi connectivity index (χ4n) is 4.18. The number of carbonyl (C=O) groups is 2. The number of hydrogen-bond acceptors (Lipinski definition) is 6. The SMILES string of the molecule is O=C1CCC2(CCN(C(=O)CN3CCN(c4ncccn4)CC3)CC2)N1. The minimum atomic E-state index is -0.0465. The molecule has 0 radical (unpaired) electrons. The topological polar surface area (TPSA) is 81.7 Å². The molecular formula is C18H26N6O2. The number of hydrogen-bond donors (Lipinski definition) is 1. The van der Waals surface area contributed by atoms with Crippen LogP contribution in [0.25, 0.3) is 0 Å². The van der Waals surface area contributed by atoms with E-state index in [2.05, 4.69) is 25.1 Å². The predicted molar refractivity (Wildman–Crippen MR) is 96.6 cm³/mol. The van der Waals surface area contributed by atoms with Gasteiger partial charge in [-0.25, -0.2) is 9.97 Å². The summed E-state index contributed by atoms with van der Waals surface area (Å²) in [5, 5.41) is 3.13. The van der Waals surface area contributed by atoms with Crippen molar-refractivity contribution in [3.63, 3.8) is 0 Å². The molecule has 4 rings (SSSR count). The zero-order valence-electron chi connectivity index (χ0n) is 15.1. The molecule has 1 aromatic rings. The molecule has 3 fully saturated rings. The van der Waals surface area contributed by atoms with E-state index in [1.54, 1.807) is 12.4 Å². The van der Waals surface area contributed by atoms with Crippen LogP contribution in [0.2, 0.25) is 0 Å². The maximum Gasteiger partial charge on any atom is 0.236 e. The largest absolute Gasteiger partial charge is 0.351 e. The van der Waals surface area contributed by atoms with Crippen molar-refractivity contribution in [1.82, 2.24) is 25.1 Å². The Labute approximate surface area is 153 Å². The second-order valence-electron chi connectivity index (χ2n) is 7.52. The van der Waals surface area contributed by atoms with Crippen molar-refractivity contribution in [2.24, 2.45) is 0 Å². The molecule has 0 atom stereocenters. The number of rotatable bonds is 3. The Morgan fingerprint density at radius 3 is 2.35 bits per heavy atom. The standard InChI is InChI=1S/C18H26N6O2/c25-15-2-3-18(21-15)4-8-23(9-5-18)16(26)14-22-10-12-24(13-11-22)17-19-6-1-7-20-17/h1,6-7H,2-5,8-14H2,(H,21,25). The molecule has 0 aromatic carbocycles. The van der Waals surface area contributed by atoms with Gasteiger partial charge in [0.05, 0.1) is 6.54 Å². The molecule has 0 saturated carbocycles. The molecule has 1 spiro atoms. The zero-order chi connectivity index (χ0) is 18.0. The van der Waals surface area contributed by atoms with E-state index in [1.165, 1.54) is 0 Å². The monoisotopic (exact) mass is 358 g/mol.